The molecule has 8 heteroatoms. The molecule has 0 bridgehead atoms. The van der Waals surface area contributed by atoms with Crippen LogP contribution in [-0.4, -0.2) is 37.5 Å². The Hall–Kier alpha value is -4.07. The molecule has 158 valence electrons. The largest absolute Gasteiger partial charge is 0.490 e. The number of rotatable bonds is 6. The molecule has 0 aliphatic carbocycles. The van der Waals surface area contributed by atoms with Crippen LogP contribution < -0.4 is 14.8 Å². The number of furan rings is 1. The molecular weight excluding hydrogens is 402 g/mol. The van der Waals surface area contributed by atoms with E-state index in [9.17, 15) is 14.4 Å². The number of Topliss-reactive ketones (excluding diaryl/α,β-unsaturated/α-hetero) is 1. The van der Waals surface area contributed by atoms with Crippen LogP contribution in [0, 0.1) is 0 Å². The van der Waals surface area contributed by atoms with E-state index in [2.05, 4.69) is 5.32 Å². The molecule has 2 aromatic carbocycles. The van der Waals surface area contributed by atoms with Gasteiger partial charge in [0.2, 0.25) is 0 Å². The molecule has 0 unspecified atom stereocenters. The number of carbonyl (C=O) groups excluding carboxylic acids is 3. The van der Waals surface area contributed by atoms with Crippen molar-refractivity contribution in [2.24, 2.45) is 0 Å². The van der Waals surface area contributed by atoms with Crippen LogP contribution in [0.3, 0.4) is 0 Å². The van der Waals surface area contributed by atoms with Crippen molar-refractivity contribution >= 4 is 23.3 Å². The van der Waals surface area contributed by atoms with E-state index < -0.39 is 18.5 Å². The number of amides is 1. The summed E-state index contributed by atoms with van der Waals surface area (Å²) in [6.07, 6.45) is 2.17. The zero-order chi connectivity index (χ0) is 21.6. The highest BCUT2D eigenvalue weighted by Crippen LogP contribution is 2.30. The second-order valence-electron chi connectivity index (χ2n) is 6.72. The highest BCUT2D eigenvalue weighted by Gasteiger charge is 2.16. The van der Waals surface area contributed by atoms with Gasteiger partial charge in [-0.1, -0.05) is 0 Å². The van der Waals surface area contributed by atoms with Crippen LogP contribution in [0.5, 0.6) is 11.5 Å². The fourth-order valence-electron chi connectivity index (χ4n) is 2.92. The van der Waals surface area contributed by atoms with E-state index in [0.717, 1.165) is 6.42 Å². The Balaban J connectivity index is 1.32. The summed E-state index contributed by atoms with van der Waals surface area (Å²) >= 11 is 0. The Labute approximate surface area is 177 Å². The third-order valence-corrected chi connectivity index (χ3v) is 4.53. The van der Waals surface area contributed by atoms with Crippen LogP contribution in [-0.2, 0) is 4.74 Å². The minimum atomic E-state index is -0.647. The van der Waals surface area contributed by atoms with Gasteiger partial charge in [0, 0.05) is 17.7 Å². The number of ketones is 1. The van der Waals surface area contributed by atoms with Gasteiger partial charge < -0.3 is 23.9 Å². The Kier molecular flexibility index (Phi) is 5.98. The Morgan fingerprint density at radius 2 is 1.65 bits per heavy atom. The predicted octanol–water partition coefficient (Wildman–Crippen LogP) is 3.73. The van der Waals surface area contributed by atoms with Crippen molar-refractivity contribution in [1.82, 2.24) is 0 Å². The smallest absolute Gasteiger partial charge is 0.338 e. The average Bonchev–Trinajstić information content (AvgIpc) is 3.23. The Morgan fingerprint density at radius 3 is 2.39 bits per heavy atom. The maximum absolute atomic E-state index is 12.4. The summed E-state index contributed by atoms with van der Waals surface area (Å²) in [6.45, 7) is 0.663. The standard InChI is InChI=1S/C23H19NO7/c25-18(16-6-9-19-21(13-16)30-12-2-11-28-19)14-31-23(27)15-4-7-17(8-5-15)24-22(26)20-3-1-10-29-20/h1,3-10,13H,2,11-12,14H2,(H,24,26). The van der Waals surface area contributed by atoms with Gasteiger partial charge in [-0.25, -0.2) is 4.79 Å². The number of ether oxygens (including phenoxy) is 3. The number of nitrogens with one attached hydrogen (secondary N) is 1. The lowest BCUT2D eigenvalue weighted by Crippen LogP contribution is -2.15. The number of anilines is 1. The predicted molar refractivity (Wildman–Crippen MR) is 110 cm³/mol. The van der Waals surface area contributed by atoms with Gasteiger partial charge in [0.05, 0.1) is 25.0 Å². The van der Waals surface area contributed by atoms with Gasteiger partial charge in [0.1, 0.15) is 0 Å². The van der Waals surface area contributed by atoms with E-state index in [1.807, 2.05) is 0 Å². The number of fused-ring (bicyclic) bond motifs is 1. The number of carbonyl (C=O) groups is 3. The molecule has 0 saturated carbocycles. The van der Waals surface area contributed by atoms with Gasteiger partial charge in [-0.05, 0) is 54.6 Å². The fraction of sp³-hybridized carbons (Fsp3) is 0.174. The molecule has 3 aromatic rings. The fourth-order valence-corrected chi connectivity index (χ4v) is 2.92. The summed E-state index contributed by atoms with van der Waals surface area (Å²) < 4.78 is 21.3. The maximum Gasteiger partial charge on any atom is 0.338 e. The van der Waals surface area contributed by atoms with Crippen LogP contribution in [0.1, 0.15) is 37.7 Å². The number of benzene rings is 2. The Bertz CT molecular complexity index is 1090. The van der Waals surface area contributed by atoms with Crippen molar-refractivity contribution in [2.75, 3.05) is 25.1 Å². The van der Waals surface area contributed by atoms with Gasteiger partial charge in [-0.2, -0.15) is 0 Å². The molecule has 0 spiro atoms. The van der Waals surface area contributed by atoms with Crippen LogP contribution >= 0.6 is 0 Å². The molecule has 0 fully saturated rings. The minimum Gasteiger partial charge on any atom is -0.490 e. The molecule has 0 atom stereocenters. The van der Waals surface area contributed by atoms with Crippen molar-refractivity contribution in [2.45, 2.75) is 6.42 Å². The molecule has 1 aliphatic heterocycles. The second-order valence-corrected chi connectivity index (χ2v) is 6.72. The van der Waals surface area contributed by atoms with E-state index in [-0.39, 0.29) is 17.1 Å². The molecular formula is C23H19NO7. The molecule has 1 amide bonds. The average molecular weight is 421 g/mol. The zero-order valence-corrected chi connectivity index (χ0v) is 16.5. The quantitative estimate of drug-likeness (QED) is 0.478. The first-order chi connectivity index (χ1) is 15.1. The molecule has 1 aliphatic rings. The van der Waals surface area contributed by atoms with E-state index in [1.165, 1.54) is 18.4 Å². The second kappa shape index (κ2) is 9.17. The lowest BCUT2D eigenvalue weighted by Gasteiger charge is -2.09. The molecule has 1 N–H and O–H groups in total. The van der Waals surface area contributed by atoms with Crippen LogP contribution in [0.15, 0.2) is 65.3 Å². The highest BCUT2D eigenvalue weighted by molar-refractivity contribution is 6.03. The van der Waals surface area contributed by atoms with Crippen molar-refractivity contribution in [3.63, 3.8) is 0 Å². The van der Waals surface area contributed by atoms with Gasteiger partial charge in [0.15, 0.2) is 29.6 Å². The topological polar surface area (TPSA) is 104 Å². The number of esters is 1. The van der Waals surface area contributed by atoms with E-state index in [4.69, 9.17) is 18.6 Å². The van der Waals surface area contributed by atoms with E-state index in [0.29, 0.717) is 36.0 Å². The maximum atomic E-state index is 12.4. The third kappa shape index (κ3) is 4.92. The third-order valence-electron chi connectivity index (χ3n) is 4.53. The van der Waals surface area contributed by atoms with Crippen molar-refractivity contribution in [3.05, 3.63) is 77.7 Å². The van der Waals surface area contributed by atoms with Crippen LogP contribution in [0.25, 0.3) is 0 Å². The molecule has 0 radical (unpaired) electrons. The summed E-state index contributed by atoms with van der Waals surface area (Å²) in [4.78, 5) is 36.6. The molecule has 31 heavy (non-hydrogen) atoms. The van der Waals surface area contributed by atoms with Gasteiger partial charge in [0.25, 0.3) is 5.91 Å². The molecule has 1 aromatic heterocycles. The SMILES string of the molecule is O=C(COC(=O)c1ccc(NC(=O)c2ccco2)cc1)c1ccc2c(c1)OCCCO2. The van der Waals surface area contributed by atoms with Crippen molar-refractivity contribution < 1.29 is 33.0 Å². The van der Waals surface area contributed by atoms with Gasteiger partial charge in [-0.3, -0.25) is 9.59 Å². The molecule has 8 nitrogen and oxygen atoms in total. The monoisotopic (exact) mass is 421 g/mol. The normalized spacial score (nSPS) is 12.5. The highest BCUT2D eigenvalue weighted by atomic mass is 16.5. The zero-order valence-electron chi connectivity index (χ0n) is 16.5. The van der Waals surface area contributed by atoms with Crippen molar-refractivity contribution in [1.29, 1.82) is 0 Å². The van der Waals surface area contributed by atoms with E-state index in [1.54, 1.807) is 42.5 Å². The van der Waals surface area contributed by atoms with Crippen LogP contribution in [0.4, 0.5) is 5.69 Å². The minimum absolute atomic E-state index is 0.178. The molecule has 2 heterocycles. The lowest BCUT2D eigenvalue weighted by atomic mass is 10.1. The Morgan fingerprint density at radius 1 is 0.903 bits per heavy atom. The number of hydrogen-bond donors (Lipinski definition) is 1. The lowest BCUT2D eigenvalue weighted by molar-refractivity contribution is 0.0474. The molecule has 4 rings (SSSR count). The van der Waals surface area contributed by atoms with E-state index >= 15 is 0 Å². The van der Waals surface area contributed by atoms with Crippen LogP contribution in [0.2, 0.25) is 0 Å². The summed E-state index contributed by atoms with van der Waals surface area (Å²) in [7, 11) is 0. The van der Waals surface area contributed by atoms with Crippen molar-refractivity contribution in [3.8, 4) is 11.5 Å². The first kappa shape index (κ1) is 20.2. The van der Waals surface area contributed by atoms with Gasteiger partial charge in [-0.15, -0.1) is 0 Å². The first-order valence-corrected chi connectivity index (χ1v) is 9.65. The molecule has 0 saturated heterocycles. The number of hydrogen-bond acceptors (Lipinski definition) is 7. The summed E-state index contributed by atoms with van der Waals surface area (Å²) in [6, 6.07) is 14.1. The first-order valence-electron chi connectivity index (χ1n) is 9.65. The van der Waals surface area contributed by atoms with Gasteiger partial charge >= 0.3 is 5.97 Å². The summed E-state index contributed by atoms with van der Waals surface area (Å²) in [5.74, 6) is -0.136. The summed E-state index contributed by atoms with van der Waals surface area (Å²) in [5, 5.41) is 2.65. The summed E-state index contributed by atoms with van der Waals surface area (Å²) in [5.41, 5.74) is 1.11.